The predicted octanol–water partition coefficient (Wildman–Crippen LogP) is 5.73. The SMILES string of the molecule is CC[C@@H](C(=O)NCC(C)C)N(Cc1ccccc1C)C(=O)CN(c1ccc(C)cc1)S(=O)(=O)c1ccc(Cl)cc1. The summed E-state index contributed by atoms with van der Waals surface area (Å²) >= 11 is 6.01. The zero-order chi connectivity index (χ0) is 29.4. The topological polar surface area (TPSA) is 86.8 Å². The van der Waals surface area contributed by atoms with E-state index in [0.717, 1.165) is 21.0 Å². The minimum Gasteiger partial charge on any atom is -0.354 e. The molecule has 0 unspecified atom stereocenters. The summed E-state index contributed by atoms with van der Waals surface area (Å²) in [5, 5.41) is 3.35. The van der Waals surface area contributed by atoms with E-state index in [1.165, 1.54) is 29.2 Å². The van der Waals surface area contributed by atoms with Crippen LogP contribution >= 0.6 is 11.6 Å². The van der Waals surface area contributed by atoms with Gasteiger partial charge in [0.2, 0.25) is 11.8 Å². The lowest BCUT2D eigenvalue weighted by Crippen LogP contribution is -2.52. The van der Waals surface area contributed by atoms with Gasteiger partial charge in [0.25, 0.3) is 10.0 Å². The Balaban J connectivity index is 2.05. The molecule has 2 amide bonds. The van der Waals surface area contributed by atoms with Crippen LogP contribution in [0.4, 0.5) is 5.69 Å². The molecule has 0 spiro atoms. The number of carbonyl (C=O) groups is 2. The molecule has 9 heteroatoms. The van der Waals surface area contributed by atoms with Crippen LogP contribution in [0.25, 0.3) is 0 Å². The van der Waals surface area contributed by atoms with Gasteiger partial charge in [0.15, 0.2) is 0 Å². The molecule has 214 valence electrons. The molecular formula is C31H38ClN3O4S. The molecule has 0 fully saturated rings. The first-order chi connectivity index (χ1) is 18.9. The highest BCUT2D eigenvalue weighted by Gasteiger charge is 2.33. The highest BCUT2D eigenvalue weighted by atomic mass is 35.5. The zero-order valence-electron chi connectivity index (χ0n) is 23.7. The normalized spacial score (nSPS) is 12.2. The number of aryl methyl sites for hydroxylation is 2. The van der Waals surface area contributed by atoms with Crippen LogP contribution in [0.15, 0.2) is 77.7 Å². The van der Waals surface area contributed by atoms with Crippen molar-refractivity contribution in [1.82, 2.24) is 10.2 Å². The molecule has 0 aliphatic heterocycles. The molecule has 0 saturated carbocycles. The summed E-state index contributed by atoms with van der Waals surface area (Å²) in [6.07, 6.45) is 0.371. The Morgan fingerprint density at radius 2 is 1.55 bits per heavy atom. The lowest BCUT2D eigenvalue weighted by Gasteiger charge is -2.33. The van der Waals surface area contributed by atoms with Gasteiger partial charge in [-0.2, -0.15) is 0 Å². The van der Waals surface area contributed by atoms with Crippen molar-refractivity contribution in [2.45, 2.75) is 58.5 Å². The van der Waals surface area contributed by atoms with Crippen LogP contribution in [0, 0.1) is 19.8 Å². The number of benzene rings is 3. The van der Waals surface area contributed by atoms with Crippen molar-refractivity contribution in [3.63, 3.8) is 0 Å². The lowest BCUT2D eigenvalue weighted by molar-refractivity contribution is -0.140. The third-order valence-electron chi connectivity index (χ3n) is 6.67. The van der Waals surface area contributed by atoms with Crippen LogP contribution in [0.1, 0.15) is 43.9 Å². The average Bonchev–Trinajstić information content (AvgIpc) is 2.92. The first kappa shape index (κ1) is 31.2. The molecule has 1 atom stereocenters. The molecule has 7 nitrogen and oxygen atoms in total. The standard InChI is InChI=1S/C31H38ClN3O4S/c1-6-29(31(37)33-19-22(2)3)34(20-25-10-8-7-9-24(25)5)30(36)21-35(27-15-11-23(4)12-16-27)40(38,39)28-17-13-26(32)14-18-28/h7-18,22,29H,6,19-21H2,1-5H3,(H,33,37)/t29-/m0/s1. The van der Waals surface area contributed by atoms with Gasteiger partial charge in [0.05, 0.1) is 10.6 Å². The van der Waals surface area contributed by atoms with Gasteiger partial charge < -0.3 is 10.2 Å². The number of hydrogen-bond acceptors (Lipinski definition) is 4. The minimum atomic E-state index is -4.14. The van der Waals surface area contributed by atoms with E-state index in [4.69, 9.17) is 11.6 Å². The molecule has 0 aliphatic carbocycles. The van der Waals surface area contributed by atoms with Gasteiger partial charge in [0.1, 0.15) is 12.6 Å². The van der Waals surface area contributed by atoms with Crippen LogP contribution in [-0.2, 0) is 26.2 Å². The van der Waals surface area contributed by atoms with Crippen LogP contribution in [-0.4, -0.2) is 44.3 Å². The molecule has 0 aromatic heterocycles. The van der Waals surface area contributed by atoms with E-state index in [1.54, 1.807) is 24.3 Å². The first-order valence-electron chi connectivity index (χ1n) is 13.4. The van der Waals surface area contributed by atoms with Crippen molar-refractivity contribution >= 4 is 39.1 Å². The summed E-state index contributed by atoms with van der Waals surface area (Å²) in [6, 6.07) is 19.7. The third kappa shape index (κ3) is 7.86. The third-order valence-corrected chi connectivity index (χ3v) is 8.71. The van der Waals surface area contributed by atoms with E-state index < -0.39 is 28.5 Å². The van der Waals surface area contributed by atoms with E-state index >= 15 is 0 Å². The number of anilines is 1. The van der Waals surface area contributed by atoms with Crippen molar-refractivity contribution < 1.29 is 18.0 Å². The van der Waals surface area contributed by atoms with E-state index in [9.17, 15) is 18.0 Å². The fraction of sp³-hybridized carbons (Fsp3) is 0.355. The molecular weight excluding hydrogens is 546 g/mol. The fourth-order valence-corrected chi connectivity index (χ4v) is 5.83. The Labute approximate surface area is 243 Å². The van der Waals surface area contributed by atoms with Gasteiger partial charge >= 0.3 is 0 Å². The van der Waals surface area contributed by atoms with Crippen LogP contribution in [0.2, 0.25) is 5.02 Å². The van der Waals surface area contributed by atoms with Crippen LogP contribution < -0.4 is 9.62 Å². The number of nitrogens with one attached hydrogen (secondary N) is 1. The summed E-state index contributed by atoms with van der Waals surface area (Å²) in [6.45, 7) is 9.86. The van der Waals surface area contributed by atoms with Gasteiger partial charge in [-0.1, -0.05) is 74.3 Å². The predicted molar refractivity (Wildman–Crippen MR) is 161 cm³/mol. The van der Waals surface area contributed by atoms with E-state index in [2.05, 4.69) is 5.32 Å². The van der Waals surface area contributed by atoms with E-state index in [0.29, 0.717) is 23.7 Å². The second-order valence-corrected chi connectivity index (χ2v) is 12.6. The maximum atomic E-state index is 14.1. The molecule has 3 rings (SSSR count). The zero-order valence-corrected chi connectivity index (χ0v) is 25.3. The summed E-state index contributed by atoms with van der Waals surface area (Å²) in [5.41, 5.74) is 3.16. The molecule has 0 radical (unpaired) electrons. The van der Waals surface area contributed by atoms with Crippen molar-refractivity contribution in [3.05, 3.63) is 94.5 Å². The van der Waals surface area contributed by atoms with Crippen molar-refractivity contribution in [2.75, 3.05) is 17.4 Å². The molecule has 0 heterocycles. The van der Waals surface area contributed by atoms with Gasteiger partial charge in [-0.25, -0.2) is 8.42 Å². The number of rotatable bonds is 12. The van der Waals surface area contributed by atoms with Gasteiger partial charge in [0, 0.05) is 18.1 Å². The van der Waals surface area contributed by atoms with Gasteiger partial charge in [-0.15, -0.1) is 0 Å². The maximum absolute atomic E-state index is 14.1. The molecule has 1 N–H and O–H groups in total. The highest BCUT2D eigenvalue weighted by Crippen LogP contribution is 2.26. The number of hydrogen-bond donors (Lipinski definition) is 1. The number of carbonyl (C=O) groups excluding carboxylic acids is 2. The van der Waals surface area contributed by atoms with Crippen molar-refractivity contribution in [1.29, 1.82) is 0 Å². The summed E-state index contributed by atoms with van der Waals surface area (Å²) in [5.74, 6) is -0.503. The van der Waals surface area contributed by atoms with Crippen molar-refractivity contribution in [3.8, 4) is 0 Å². The fourth-order valence-electron chi connectivity index (χ4n) is 4.29. The molecule has 3 aromatic carbocycles. The second-order valence-electron chi connectivity index (χ2n) is 10.3. The molecule has 40 heavy (non-hydrogen) atoms. The number of sulfonamides is 1. The quantitative estimate of drug-likeness (QED) is 0.295. The van der Waals surface area contributed by atoms with Gasteiger partial charge in [-0.3, -0.25) is 13.9 Å². The Hall–Kier alpha value is -3.36. The Bertz CT molecular complexity index is 1410. The number of amides is 2. The monoisotopic (exact) mass is 583 g/mol. The first-order valence-corrected chi connectivity index (χ1v) is 15.2. The minimum absolute atomic E-state index is 0.0115. The molecule has 0 bridgehead atoms. The largest absolute Gasteiger partial charge is 0.354 e. The highest BCUT2D eigenvalue weighted by molar-refractivity contribution is 7.92. The van der Waals surface area contributed by atoms with E-state index in [-0.39, 0.29) is 23.3 Å². The van der Waals surface area contributed by atoms with Crippen molar-refractivity contribution in [2.24, 2.45) is 5.92 Å². The lowest BCUT2D eigenvalue weighted by atomic mass is 10.1. The summed E-state index contributed by atoms with van der Waals surface area (Å²) in [7, 11) is -4.14. The maximum Gasteiger partial charge on any atom is 0.264 e. The Morgan fingerprint density at radius 1 is 0.925 bits per heavy atom. The van der Waals surface area contributed by atoms with Crippen LogP contribution in [0.5, 0.6) is 0 Å². The Kier molecular flexibility index (Phi) is 10.8. The smallest absolute Gasteiger partial charge is 0.264 e. The average molecular weight is 584 g/mol. The number of nitrogens with zero attached hydrogens (tertiary/aromatic N) is 2. The number of halogens is 1. The van der Waals surface area contributed by atoms with Crippen LogP contribution in [0.3, 0.4) is 0 Å². The second kappa shape index (κ2) is 13.8. The van der Waals surface area contributed by atoms with Gasteiger partial charge in [-0.05, 0) is 73.7 Å². The summed E-state index contributed by atoms with van der Waals surface area (Å²) < 4.78 is 28.9. The Morgan fingerprint density at radius 3 is 2.12 bits per heavy atom. The van der Waals surface area contributed by atoms with E-state index in [1.807, 2.05) is 58.9 Å². The summed E-state index contributed by atoms with van der Waals surface area (Å²) in [4.78, 5) is 28.9. The molecule has 0 aliphatic rings. The molecule has 3 aromatic rings. The molecule has 0 saturated heterocycles.